The Morgan fingerprint density at radius 1 is 1.33 bits per heavy atom. The zero-order chi connectivity index (χ0) is 16.7. The van der Waals surface area contributed by atoms with E-state index in [1.807, 2.05) is 6.20 Å². The molecular formula is C19H21BrN4. The molecule has 0 radical (unpaired) electrons. The average Bonchev–Trinajstić information content (AvgIpc) is 2.96. The van der Waals surface area contributed by atoms with Gasteiger partial charge in [0.1, 0.15) is 5.82 Å². The third-order valence-electron chi connectivity index (χ3n) is 4.68. The van der Waals surface area contributed by atoms with Crippen LogP contribution in [0.25, 0.3) is 10.9 Å². The zero-order valence-corrected chi connectivity index (χ0v) is 15.6. The Kier molecular flexibility index (Phi) is 4.14. The van der Waals surface area contributed by atoms with Crippen molar-refractivity contribution < 1.29 is 0 Å². The SMILES string of the molecule is CC(C)c1ncc2c(n1)CN(Cc1c[nH]c3ccc(Br)cc13)CC2. The summed E-state index contributed by atoms with van der Waals surface area (Å²) in [5.41, 5.74) is 5.03. The number of halogens is 1. The molecule has 3 heterocycles. The third kappa shape index (κ3) is 2.98. The lowest BCUT2D eigenvalue weighted by Gasteiger charge is -2.28. The molecule has 0 fully saturated rings. The maximum Gasteiger partial charge on any atom is 0.131 e. The standard InChI is InChI=1S/C19H21BrN4/c1-12(2)19-22-8-13-5-6-24(11-18(13)23-19)10-14-9-21-17-4-3-15(20)7-16(14)17/h3-4,7-9,12,21H,5-6,10-11H2,1-2H3. The summed E-state index contributed by atoms with van der Waals surface area (Å²) in [6.07, 6.45) is 5.18. The molecule has 0 bridgehead atoms. The molecule has 0 amide bonds. The number of nitrogens with one attached hydrogen (secondary N) is 1. The van der Waals surface area contributed by atoms with Crippen LogP contribution in [0, 0.1) is 0 Å². The monoisotopic (exact) mass is 384 g/mol. The van der Waals surface area contributed by atoms with Crippen molar-refractivity contribution in [2.45, 2.75) is 39.3 Å². The average molecular weight is 385 g/mol. The molecule has 4 rings (SSSR count). The van der Waals surface area contributed by atoms with Gasteiger partial charge < -0.3 is 4.98 Å². The second-order valence-corrected chi connectivity index (χ2v) is 7.73. The highest BCUT2D eigenvalue weighted by atomic mass is 79.9. The molecule has 124 valence electrons. The van der Waals surface area contributed by atoms with E-state index in [4.69, 9.17) is 4.98 Å². The smallest absolute Gasteiger partial charge is 0.131 e. The van der Waals surface area contributed by atoms with Crippen molar-refractivity contribution in [2.75, 3.05) is 6.54 Å². The van der Waals surface area contributed by atoms with Gasteiger partial charge in [-0.2, -0.15) is 0 Å². The van der Waals surface area contributed by atoms with Gasteiger partial charge in [-0.25, -0.2) is 9.97 Å². The summed E-state index contributed by atoms with van der Waals surface area (Å²) in [5, 5.41) is 1.29. The van der Waals surface area contributed by atoms with Crippen molar-refractivity contribution in [1.29, 1.82) is 0 Å². The van der Waals surface area contributed by atoms with Crippen LogP contribution in [0.1, 0.15) is 42.4 Å². The summed E-state index contributed by atoms with van der Waals surface area (Å²) in [5.74, 6) is 1.32. The Morgan fingerprint density at radius 2 is 2.21 bits per heavy atom. The summed E-state index contributed by atoms with van der Waals surface area (Å²) in [6.45, 7) is 7.19. The molecule has 0 saturated heterocycles. The maximum absolute atomic E-state index is 4.80. The summed E-state index contributed by atoms with van der Waals surface area (Å²) in [7, 11) is 0. The van der Waals surface area contributed by atoms with E-state index in [1.54, 1.807) is 0 Å². The molecule has 0 spiro atoms. The Hall–Kier alpha value is -1.72. The van der Waals surface area contributed by atoms with E-state index in [1.165, 1.54) is 27.7 Å². The van der Waals surface area contributed by atoms with Crippen LogP contribution < -0.4 is 0 Å². The lowest BCUT2D eigenvalue weighted by molar-refractivity contribution is 0.241. The number of aromatic nitrogens is 3. The fourth-order valence-corrected chi connectivity index (χ4v) is 3.67. The largest absolute Gasteiger partial charge is 0.361 e. The first-order valence-electron chi connectivity index (χ1n) is 8.42. The predicted octanol–water partition coefficient (Wildman–Crippen LogP) is 4.40. The number of aromatic amines is 1. The predicted molar refractivity (Wildman–Crippen MR) is 99.9 cm³/mol. The Balaban J connectivity index is 1.58. The third-order valence-corrected chi connectivity index (χ3v) is 5.18. The summed E-state index contributed by atoms with van der Waals surface area (Å²) < 4.78 is 1.12. The van der Waals surface area contributed by atoms with Gasteiger partial charge in [0.25, 0.3) is 0 Å². The Labute approximate surface area is 150 Å². The van der Waals surface area contributed by atoms with Crippen molar-refractivity contribution in [3.8, 4) is 0 Å². The van der Waals surface area contributed by atoms with Crippen LogP contribution >= 0.6 is 15.9 Å². The quantitative estimate of drug-likeness (QED) is 0.727. The van der Waals surface area contributed by atoms with Gasteiger partial charge in [-0.05, 0) is 35.7 Å². The molecule has 0 saturated carbocycles. The number of H-pyrrole nitrogens is 1. The van der Waals surface area contributed by atoms with E-state index in [2.05, 4.69) is 69.0 Å². The van der Waals surface area contributed by atoms with Crippen LogP contribution in [-0.4, -0.2) is 26.4 Å². The second kappa shape index (κ2) is 6.30. The number of nitrogens with zero attached hydrogens (tertiary/aromatic N) is 3. The number of hydrogen-bond donors (Lipinski definition) is 1. The van der Waals surface area contributed by atoms with E-state index in [0.29, 0.717) is 5.92 Å². The molecule has 2 aromatic heterocycles. The van der Waals surface area contributed by atoms with Crippen molar-refractivity contribution in [1.82, 2.24) is 19.9 Å². The van der Waals surface area contributed by atoms with Crippen LogP contribution in [-0.2, 0) is 19.5 Å². The van der Waals surface area contributed by atoms with E-state index in [9.17, 15) is 0 Å². The van der Waals surface area contributed by atoms with E-state index >= 15 is 0 Å². The highest BCUT2D eigenvalue weighted by Gasteiger charge is 2.20. The number of hydrogen-bond acceptors (Lipinski definition) is 3. The highest BCUT2D eigenvalue weighted by molar-refractivity contribution is 9.10. The molecule has 1 aromatic carbocycles. The van der Waals surface area contributed by atoms with Gasteiger partial charge in [-0.1, -0.05) is 29.8 Å². The second-order valence-electron chi connectivity index (χ2n) is 6.82. The van der Waals surface area contributed by atoms with Crippen molar-refractivity contribution >= 4 is 26.8 Å². The summed E-state index contributed by atoms with van der Waals surface area (Å²) in [6, 6.07) is 6.39. The van der Waals surface area contributed by atoms with Gasteiger partial charge in [-0.3, -0.25) is 4.90 Å². The first kappa shape index (κ1) is 15.8. The maximum atomic E-state index is 4.80. The molecule has 24 heavy (non-hydrogen) atoms. The summed E-state index contributed by atoms with van der Waals surface area (Å²) >= 11 is 3.57. The molecule has 0 atom stereocenters. The van der Waals surface area contributed by atoms with Crippen LogP contribution in [0.2, 0.25) is 0 Å². The molecule has 3 aromatic rings. The van der Waals surface area contributed by atoms with Crippen molar-refractivity contribution in [2.24, 2.45) is 0 Å². The van der Waals surface area contributed by atoms with Gasteiger partial charge in [0, 0.05) is 53.3 Å². The zero-order valence-electron chi connectivity index (χ0n) is 14.0. The van der Waals surface area contributed by atoms with Crippen LogP contribution in [0.15, 0.2) is 35.1 Å². The first-order chi connectivity index (χ1) is 11.6. The van der Waals surface area contributed by atoms with Crippen molar-refractivity contribution in [3.05, 3.63) is 57.7 Å². The lowest BCUT2D eigenvalue weighted by Crippen LogP contribution is -2.31. The number of rotatable bonds is 3. The molecule has 0 aliphatic carbocycles. The summed E-state index contributed by atoms with van der Waals surface area (Å²) in [4.78, 5) is 15.2. The highest BCUT2D eigenvalue weighted by Crippen LogP contribution is 2.26. The molecular weight excluding hydrogens is 364 g/mol. The molecule has 5 heteroatoms. The number of benzene rings is 1. The van der Waals surface area contributed by atoms with Crippen LogP contribution in [0.5, 0.6) is 0 Å². The Bertz CT molecular complexity index is 884. The van der Waals surface area contributed by atoms with Gasteiger partial charge in [-0.15, -0.1) is 0 Å². The fourth-order valence-electron chi connectivity index (χ4n) is 3.31. The molecule has 1 N–H and O–H groups in total. The lowest BCUT2D eigenvalue weighted by atomic mass is 10.0. The van der Waals surface area contributed by atoms with Gasteiger partial charge >= 0.3 is 0 Å². The van der Waals surface area contributed by atoms with Crippen LogP contribution in [0.3, 0.4) is 0 Å². The van der Waals surface area contributed by atoms with Crippen molar-refractivity contribution in [3.63, 3.8) is 0 Å². The van der Waals surface area contributed by atoms with Crippen LogP contribution in [0.4, 0.5) is 0 Å². The normalized spacial score (nSPS) is 15.2. The number of fused-ring (bicyclic) bond motifs is 2. The minimum Gasteiger partial charge on any atom is -0.361 e. The first-order valence-corrected chi connectivity index (χ1v) is 9.22. The fraction of sp³-hybridized carbons (Fsp3) is 0.368. The van der Waals surface area contributed by atoms with Gasteiger partial charge in [0.05, 0.1) is 5.69 Å². The van der Waals surface area contributed by atoms with Gasteiger partial charge in [0.2, 0.25) is 0 Å². The molecule has 1 aliphatic heterocycles. The van der Waals surface area contributed by atoms with E-state index in [-0.39, 0.29) is 0 Å². The Morgan fingerprint density at radius 3 is 3.04 bits per heavy atom. The van der Waals surface area contributed by atoms with E-state index in [0.717, 1.165) is 36.4 Å². The molecule has 1 aliphatic rings. The van der Waals surface area contributed by atoms with Gasteiger partial charge in [0.15, 0.2) is 0 Å². The molecule has 0 unspecified atom stereocenters. The topological polar surface area (TPSA) is 44.8 Å². The van der Waals surface area contributed by atoms with E-state index < -0.39 is 0 Å². The minimum atomic E-state index is 0.372. The minimum absolute atomic E-state index is 0.372. The molecule has 4 nitrogen and oxygen atoms in total.